The van der Waals surface area contributed by atoms with Crippen LogP contribution in [0.1, 0.15) is 12.0 Å². The molecular weight excluding hydrogens is 244 g/mol. The average Bonchev–Trinajstić information content (AvgIpc) is 2.17. The predicted octanol–water partition coefficient (Wildman–Crippen LogP) is 3.07. The molecule has 0 aliphatic carbocycles. The van der Waals surface area contributed by atoms with Gasteiger partial charge in [0, 0.05) is 4.47 Å². The molecule has 0 unspecified atom stereocenters. The second kappa shape index (κ2) is 5.60. The minimum Gasteiger partial charge on any atom is -0.461 e. The highest BCUT2D eigenvalue weighted by atomic mass is 79.9. The molecule has 0 bridgehead atoms. The molecule has 0 N–H and O–H groups in total. The van der Waals surface area contributed by atoms with Crippen molar-refractivity contribution in [3.05, 3.63) is 47.0 Å². The lowest BCUT2D eigenvalue weighted by Gasteiger charge is -2.03. The average molecular weight is 255 g/mol. The van der Waals surface area contributed by atoms with Gasteiger partial charge in [0.2, 0.25) is 0 Å². The first-order valence-electron chi connectivity index (χ1n) is 4.23. The second-order valence-electron chi connectivity index (χ2n) is 2.78. The number of benzene rings is 1. The molecule has 0 saturated heterocycles. The Bertz CT molecular complexity index is 317. The maximum atomic E-state index is 11.0. The fourth-order valence-electron chi connectivity index (χ4n) is 0.921. The summed E-state index contributed by atoms with van der Waals surface area (Å²) in [5.41, 5.74) is 0.977. The van der Waals surface area contributed by atoms with E-state index < -0.39 is 0 Å². The summed E-state index contributed by atoms with van der Waals surface area (Å²) >= 11 is 3.33. The molecule has 1 aromatic carbocycles. The van der Waals surface area contributed by atoms with Gasteiger partial charge < -0.3 is 4.74 Å². The zero-order chi connectivity index (χ0) is 10.4. The molecule has 1 rings (SSSR count). The number of carbonyl (C=O) groups excluding carboxylic acids is 1. The number of hydrogen-bond donors (Lipinski definition) is 0. The number of esters is 1. The topological polar surface area (TPSA) is 26.3 Å². The summed E-state index contributed by atoms with van der Waals surface area (Å²) < 4.78 is 6.00. The molecule has 14 heavy (non-hydrogen) atoms. The van der Waals surface area contributed by atoms with E-state index in [1.54, 1.807) is 0 Å². The van der Waals surface area contributed by atoms with E-state index >= 15 is 0 Å². The molecule has 2 nitrogen and oxygen atoms in total. The molecule has 74 valence electrons. The number of ether oxygens (including phenoxy) is 1. The van der Waals surface area contributed by atoms with Crippen LogP contribution < -0.4 is 0 Å². The fraction of sp³-hybridized carbons (Fsp3) is 0.182. The molecule has 0 fully saturated rings. The van der Waals surface area contributed by atoms with Gasteiger partial charge >= 0.3 is 5.97 Å². The Labute approximate surface area is 91.7 Å². The van der Waals surface area contributed by atoms with Gasteiger partial charge in [-0.2, -0.15) is 0 Å². The number of rotatable bonds is 4. The van der Waals surface area contributed by atoms with Crippen molar-refractivity contribution in [3.63, 3.8) is 0 Å². The Morgan fingerprint density at radius 1 is 1.43 bits per heavy atom. The number of hydrogen-bond acceptors (Lipinski definition) is 2. The predicted molar refractivity (Wildman–Crippen MR) is 58.8 cm³/mol. The highest BCUT2D eigenvalue weighted by Crippen LogP contribution is 2.11. The van der Waals surface area contributed by atoms with Gasteiger partial charge in [0.1, 0.15) is 6.61 Å². The molecular formula is C11H11BrO2. The summed E-state index contributed by atoms with van der Waals surface area (Å²) in [6, 6.07) is 7.64. The third kappa shape index (κ3) is 3.75. The lowest BCUT2D eigenvalue weighted by atomic mass is 10.2. The Hall–Kier alpha value is -1.09. The van der Waals surface area contributed by atoms with Crippen LogP contribution in [-0.2, 0) is 16.1 Å². The van der Waals surface area contributed by atoms with Gasteiger partial charge in [0.15, 0.2) is 0 Å². The van der Waals surface area contributed by atoms with Crippen molar-refractivity contribution in [3.8, 4) is 0 Å². The summed E-state index contributed by atoms with van der Waals surface area (Å²) in [6.07, 6.45) is 1.79. The minimum atomic E-state index is -0.247. The van der Waals surface area contributed by atoms with E-state index in [1.165, 1.54) is 6.08 Å². The molecule has 0 radical (unpaired) electrons. The van der Waals surface area contributed by atoms with Crippen molar-refractivity contribution in [2.24, 2.45) is 0 Å². The van der Waals surface area contributed by atoms with Crippen LogP contribution in [0, 0.1) is 0 Å². The third-order valence-corrected chi connectivity index (χ3v) is 2.15. The molecule has 0 amide bonds. The molecule has 0 saturated carbocycles. The van der Waals surface area contributed by atoms with Gasteiger partial charge in [-0.25, -0.2) is 0 Å². The van der Waals surface area contributed by atoms with Crippen molar-refractivity contribution in [1.82, 2.24) is 0 Å². The number of carbonyl (C=O) groups is 1. The highest BCUT2D eigenvalue weighted by molar-refractivity contribution is 9.10. The van der Waals surface area contributed by atoms with Gasteiger partial charge in [-0.15, -0.1) is 6.58 Å². The normalized spacial score (nSPS) is 9.50. The third-order valence-electron chi connectivity index (χ3n) is 1.62. The summed E-state index contributed by atoms with van der Waals surface area (Å²) in [7, 11) is 0. The lowest BCUT2D eigenvalue weighted by molar-refractivity contribution is -0.143. The first kappa shape index (κ1) is 11.0. The standard InChI is InChI=1S/C11H11BrO2/c1-2-3-11(13)14-8-9-4-6-10(12)7-5-9/h2,4-7H,1,3,8H2. The van der Waals surface area contributed by atoms with Crippen LogP contribution in [0.5, 0.6) is 0 Å². The molecule has 0 aliphatic rings. The van der Waals surface area contributed by atoms with Crippen molar-refractivity contribution in [2.75, 3.05) is 0 Å². The van der Waals surface area contributed by atoms with E-state index in [-0.39, 0.29) is 12.4 Å². The van der Waals surface area contributed by atoms with E-state index in [0.717, 1.165) is 10.0 Å². The van der Waals surface area contributed by atoms with Gasteiger partial charge in [0.25, 0.3) is 0 Å². The smallest absolute Gasteiger partial charge is 0.309 e. The van der Waals surface area contributed by atoms with E-state index in [0.29, 0.717) is 6.61 Å². The molecule has 3 heteroatoms. The second-order valence-corrected chi connectivity index (χ2v) is 3.70. The zero-order valence-corrected chi connectivity index (χ0v) is 9.29. The molecule has 0 aliphatic heterocycles. The Morgan fingerprint density at radius 2 is 2.07 bits per heavy atom. The van der Waals surface area contributed by atoms with Crippen LogP contribution in [-0.4, -0.2) is 5.97 Å². The van der Waals surface area contributed by atoms with E-state index in [1.807, 2.05) is 24.3 Å². The zero-order valence-electron chi connectivity index (χ0n) is 7.70. The molecule has 0 aromatic heterocycles. The first-order valence-corrected chi connectivity index (χ1v) is 5.02. The van der Waals surface area contributed by atoms with Gasteiger partial charge in [-0.3, -0.25) is 4.79 Å². The molecule has 0 atom stereocenters. The van der Waals surface area contributed by atoms with Crippen molar-refractivity contribution in [1.29, 1.82) is 0 Å². The highest BCUT2D eigenvalue weighted by Gasteiger charge is 1.99. The SMILES string of the molecule is C=CCC(=O)OCc1ccc(Br)cc1. The van der Waals surface area contributed by atoms with E-state index in [9.17, 15) is 4.79 Å². The maximum Gasteiger partial charge on any atom is 0.309 e. The Kier molecular flexibility index (Phi) is 4.40. The van der Waals surface area contributed by atoms with E-state index in [4.69, 9.17) is 4.74 Å². The fourth-order valence-corrected chi connectivity index (χ4v) is 1.19. The van der Waals surface area contributed by atoms with Crippen molar-refractivity contribution < 1.29 is 9.53 Å². The molecule has 1 aromatic rings. The maximum absolute atomic E-state index is 11.0. The molecule has 0 heterocycles. The monoisotopic (exact) mass is 254 g/mol. The summed E-state index contributed by atoms with van der Waals surface area (Å²) in [5, 5.41) is 0. The van der Waals surface area contributed by atoms with Gasteiger partial charge in [0.05, 0.1) is 6.42 Å². The number of halogens is 1. The van der Waals surface area contributed by atoms with Crippen LogP contribution in [0.3, 0.4) is 0 Å². The van der Waals surface area contributed by atoms with Gasteiger partial charge in [-0.1, -0.05) is 34.1 Å². The minimum absolute atomic E-state index is 0.247. The van der Waals surface area contributed by atoms with E-state index in [2.05, 4.69) is 22.5 Å². The quantitative estimate of drug-likeness (QED) is 0.610. The summed E-state index contributed by atoms with van der Waals surface area (Å²) in [5.74, 6) is -0.247. The van der Waals surface area contributed by atoms with Gasteiger partial charge in [-0.05, 0) is 17.7 Å². The van der Waals surface area contributed by atoms with Crippen LogP contribution in [0.15, 0.2) is 41.4 Å². The van der Waals surface area contributed by atoms with Crippen LogP contribution >= 0.6 is 15.9 Å². The van der Waals surface area contributed by atoms with Crippen LogP contribution in [0.2, 0.25) is 0 Å². The summed E-state index contributed by atoms with van der Waals surface area (Å²) in [4.78, 5) is 11.0. The van der Waals surface area contributed by atoms with Crippen LogP contribution in [0.25, 0.3) is 0 Å². The Morgan fingerprint density at radius 3 is 2.64 bits per heavy atom. The van der Waals surface area contributed by atoms with Crippen molar-refractivity contribution in [2.45, 2.75) is 13.0 Å². The first-order chi connectivity index (χ1) is 6.72. The van der Waals surface area contributed by atoms with Crippen LogP contribution in [0.4, 0.5) is 0 Å². The largest absolute Gasteiger partial charge is 0.461 e. The summed E-state index contributed by atoms with van der Waals surface area (Å²) in [6.45, 7) is 3.78. The lowest BCUT2D eigenvalue weighted by Crippen LogP contribution is -2.02. The Balaban J connectivity index is 2.41. The van der Waals surface area contributed by atoms with Crippen molar-refractivity contribution >= 4 is 21.9 Å². The molecule has 0 spiro atoms.